The van der Waals surface area contributed by atoms with Crippen molar-refractivity contribution in [2.24, 2.45) is 0 Å². The molecule has 0 bridgehead atoms. The van der Waals surface area contributed by atoms with Gasteiger partial charge in [-0.05, 0) is 30.4 Å². The van der Waals surface area contributed by atoms with Crippen LogP contribution >= 0.6 is 11.3 Å². The molecular formula is C19H20N4O4S. The highest BCUT2D eigenvalue weighted by atomic mass is 32.1. The van der Waals surface area contributed by atoms with Crippen LogP contribution in [0.1, 0.15) is 35.7 Å². The third-order valence-corrected chi connectivity index (χ3v) is 5.11. The summed E-state index contributed by atoms with van der Waals surface area (Å²) < 4.78 is 0. The van der Waals surface area contributed by atoms with Gasteiger partial charge in [0, 0.05) is 23.9 Å². The number of thiophene rings is 1. The molecule has 1 unspecified atom stereocenters. The zero-order chi connectivity index (χ0) is 20.1. The van der Waals surface area contributed by atoms with Crippen LogP contribution in [0.2, 0.25) is 0 Å². The maximum Gasteiger partial charge on any atom is 0.344 e. The molecule has 146 valence electrons. The molecule has 0 spiro atoms. The van der Waals surface area contributed by atoms with Crippen molar-refractivity contribution in [1.82, 2.24) is 21.1 Å². The van der Waals surface area contributed by atoms with E-state index in [0.717, 1.165) is 0 Å². The Hall–Kier alpha value is -3.20. The number of rotatable bonds is 7. The fraction of sp³-hybridized carbons (Fsp3) is 0.263. The molecule has 9 heteroatoms. The first-order chi connectivity index (χ1) is 13.4. The van der Waals surface area contributed by atoms with E-state index in [1.165, 1.54) is 11.3 Å². The van der Waals surface area contributed by atoms with Gasteiger partial charge in [0.2, 0.25) is 5.91 Å². The van der Waals surface area contributed by atoms with Crippen LogP contribution < -0.4 is 16.1 Å². The van der Waals surface area contributed by atoms with Crippen LogP contribution in [0, 0.1) is 0 Å². The Morgan fingerprint density at radius 3 is 2.61 bits per heavy atom. The standard InChI is InChI=1S/C19H20N4O4S/c1-19(14-6-3-2-4-7-14)17(26)23(18(27)21-19)22-15(24)8-5-10-20-16(25)13-9-11-28-12-13/h2-4,6-7,9,11-12H,5,8,10H2,1H3,(H,20,25)(H,21,27)(H,22,24). The molecule has 1 saturated heterocycles. The van der Waals surface area contributed by atoms with Crippen LogP contribution in [0.3, 0.4) is 0 Å². The van der Waals surface area contributed by atoms with Gasteiger partial charge in [0.1, 0.15) is 5.54 Å². The molecule has 5 amide bonds. The summed E-state index contributed by atoms with van der Waals surface area (Å²) in [4.78, 5) is 48.8. The van der Waals surface area contributed by atoms with Crippen molar-refractivity contribution in [3.63, 3.8) is 0 Å². The van der Waals surface area contributed by atoms with E-state index >= 15 is 0 Å². The lowest BCUT2D eigenvalue weighted by atomic mass is 9.92. The topological polar surface area (TPSA) is 108 Å². The summed E-state index contributed by atoms with van der Waals surface area (Å²) in [5.74, 6) is -1.23. The predicted octanol–water partition coefficient (Wildman–Crippen LogP) is 1.76. The summed E-state index contributed by atoms with van der Waals surface area (Å²) in [6.45, 7) is 1.90. The summed E-state index contributed by atoms with van der Waals surface area (Å²) in [5, 5.41) is 9.59. The number of hydrazine groups is 1. The van der Waals surface area contributed by atoms with Crippen molar-refractivity contribution in [1.29, 1.82) is 0 Å². The van der Waals surface area contributed by atoms with Crippen LogP contribution in [0.15, 0.2) is 47.2 Å². The maximum absolute atomic E-state index is 12.7. The van der Waals surface area contributed by atoms with Crippen molar-refractivity contribution in [2.75, 3.05) is 6.54 Å². The van der Waals surface area contributed by atoms with Crippen molar-refractivity contribution in [3.8, 4) is 0 Å². The van der Waals surface area contributed by atoms with Gasteiger partial charge in [-0.1, -0.05) is 30.3 Å². The smallest absolute Gasteiger partial charge is 0.344 e. The number of nitrogens with one attached hydrogen (secondary N) is 3. The number of imide groups is 1. The number of carbonyl (C=O) groups is 4. The Morgan fingerprint density at radius 2 is 1.93 bits per heavy atom. The van der Waals surface area contributed by atoms with Gasteiger partial charge in [-0.2, -0.15) is 16.3 Å². The van der Waals surface area contributed by atoms with Gasteiger partial charge in [0.15, 0.2) is 0 Å². The van der Waals surface area contributed by atoms with Crippen molar-refractivity contribution >= 4 is 35.1 Å². The average Bonchev–Trinajstić information content (AvgIpc) is 3.30. The molecule has 1 aliphatic rings. The van der Waals surface area contributed by atoms with Gasteiger partial charge in [-0.15, -0.1) is 0 Å². The minimum atomic E-state index is -1.24. The van der Waals surface area contributed by atoms with Crippen LogP contribution in [0.5, 0.6) is 0 Å². The Labute approximate surface area is 165 Å². The summed E-state index contributed by atoms with van der Waals surface area (Å²) in [5.41, 5.74) is 2.31. The third kappa shape index (κ3) is 4.04. The van der Waals surface area contributed by atoms with Crippen LogP contribution in [-0.2, 0) is 15.1 Å². The van der Waals surface area contributed by atoms with E-state index in [1.807, 2.05) is 11.4 Å². The number of hydrogen-bond donors (Lipinski definition) is 3. The summed E-state index contributed by atoms with van der Waals surface area (Å²) in [7, 11) is 0. The van der Waals surface area contributed by atoms with Gasteiger partial charge in [0.05, 0.1) is 0 Å². The minimum absolute atomic E-state index is 0.0586. The van der Waals surface area contributed by atoms with Crippen LogP contribution in [0.4, 0.5) is 4.79 Å². The monoisotopic (exact) mass is 400 g/mol. The first kappa shape index (κ1) is 19.6. The lowest BCUT2D eigenvalue weighted by Crippen LogP contribution is -2.48. The summed E-state index contributed by atoms with van der Waals surface area (Å²) in [6.07, 6.45) is 0.435. The molecule has 1 aromatic carbocycles. The zero-order valence-electron chi connectivity index (χ0n) is 15.2. The van der Waals surface area contributed by atoms with Crippen LogP contribution in [0.25, 0.3) is 0 Å². The fourth-order valence-corrected chi connectivity index (χ4v) is 3.47. The first-order valence-electron chi connectivity index (χ1n) is 8.74. The Balaban J connectivity index is 1.49. The fourth-order valence-electron chi connectivity index (χ4n) is 2.83. The van der Waals surface area contributed by atoms with Gasteiger partial charge in [-0.3, -0.25) is 19.8 Å². The molecule has 1 aliphatic heterocycles. The number of benzene rings is 1. The van der Waals surface area contributed by atoms with Gasteiger partial charge in [0.25, 0.3) is 11.8 Å². The average molecular weight is 400 g/mol. The van der Waals surface area contributed by atoms with Crippen molar-refractivity contribution in [2.45, 2.75) is 25.3 Å². The van der Waals surface area contributed by atoms with Crippen molar-refractivity contribution < 1.29 is 19.2 Å². The highest BCUT2D eigenvalue weighted by Gasteiger charge is 2.49. The number of carbonyl (C=O) groups excluding carboxylic acids is 4. The molecule has 0 saturated carbocycles. The normalized spacial score (nSPS) is 18.7. The predicted molar refractivity (Wildman–Crippen MR) is 103 cm³/mol. The second-order valence-corrected chi connectivity index (χ2v) is 7.25. The SMILES string of the molecule is CC1(c2ccccc2)NC(=O)N(NC(=O)CCCNC(=O)c2ccsc2)C1=O. The number of amides is 5. The molecule has 1 fully saturated rings. The second-order valence-electron chi connectivity index (χ2n) is 6.47. The summed E-state index contributed by atoms with van der Waals surface area (Å²) >= 11 is 1.43. The number of urea groups is 1. The van der Waals surface area contributed by atoms with E-state index < -0.39 is 23.4 Å². The van der Waals surface area contributed by atoms with Crippen LogP contribution in [-0.4, -0.2) is 35.3 Å². The molecule has 0 aliphatic carbocycles. The van der Waals surface area contributed by atoms with E-state index in [4.69, 9.17) is 0 Å². The Morgan fingerprint density at radius 1 is 1.18 bits per heavy atom. The highest BCUT2D eigenvalue weighted by Crippen LogP contribution is 2.27. The minimum Gasteiger partial charge on any atom is -0.352 e. The highest BCUT2D eigenvalue weighted by molar-refractivity contribution is 7.08. The molecule has 0 radical (unpaired) electrons. The quantitative estimate of drug-likeness (QED) is 0.486. The lowest BCUT2D eigenvalue weighted by molar-refractivity contribution is -0.139. The van der Waals surface area contributed by atoms with Crippen molar-refractivity contribution in [3.05, 3.63) is 58.3 Å². The van der Waals surface area contributed by atoms with E-state index in [0.29, 0.717) is 29.1 Å². The molecule has 2 heterocycles. The molecule has 8 nitrogen and oxygen atoms in total. The number of nitrogens with zero attached hydrogens (tertiary/aromatic N) is 1. The van der Waals surface area contributed by atoms with E-state index in [-0.39, 0.29) is 12.3 Å². The molecule has 3 rings (SSSR count). The second kappa shape index (κ2) is 8.22. The zero-order valence-corrected chi connectivity index (χ0v) is 16.0. The van der Waals surface area contributed by atoms with E-state index in [9.17, 15) is 19.2 Å². The largest absolute Gasteiger partial charge is 0.352 e. The third-order valence-electron chi connectivity index (χ3n) is 4.43. The van der Waals surface area contributed by atoms with Gasteiger partial charge >= 0.3 is 6.03 Å². The first-order valence-corrected chi connectivity index (χ1v) is 9.68. The molecule has 1 aromatic heterocycles. The molecule has 1 atom stereocenters. The lowest BCUT2D eigenvalue weighted by Gasteiger charge is -2.22. The summed E-state index contributed by atoms with van der Waals surface area (Å²) in [6, 6.07) is 9.85. The number of hydrogen-bond acceptors (Lipinski definition) is 5. The Bertz CT molecular complexity index is 885. The molecular weight excluding hydrogens is 380 g/mol. The van der Waals surface area contributed by atoms with E-state index in [2.05, 4.69) is 16.1 Å². The van der Waals surface area contributed by atoms with E-state index in [1.54, 1.807) is 42.6 Å². The molecule has 3 N–H and O–H groups in total. The molecule has 2 aromatic rings. The van der Waals surface area contributed by atoms with Gasteiger partial charge < -0.3 is 10.6 Å². The maximum atomic E-state index is 12.7. The molecule has 28 heavy (non-hydrogen) atoms. The van der Waals surface area contributed by atoms with Gasteiger partial charge in [-0.25, -0.2) is 4.79 Å². The Kier molecular flexibility index (Phi) is 5.74.